The fourth-order valence-electron chi connectivity index (χ4n) is 3.15. The lowest BCUT2D eigenvalue weighted by Crippen LogP contribution is -3.13. The van der Waals surface area contributed by atoms with Crippen LogP contribution in [0.25, 0.3) is 0 Å². The lowest BCUT2D eigenvalue weighted by Gasteiger charge is -2.32. The van der Waals surface area contributed by atoms with Crippen LogP contribution in [0.4, 0.5) is 9.52 Å². The molecule has 2 heterocycles. The number of aromatic nitrogens is 2. The van der Waals surface area contributed by atoms with Crippen LogP contribution in [0, 0.1) is 5.82 Å². The molecule has 28 heavy (non-hydrogen) atoms. The summed E-state index contributed by atoms with van der Waals surface area (Å²) in [6.07, 6.45) is 1.11. The third kappa shape index (κ3) is 5.80. The first-order valence-corrected chi connectivity index (χ1v) is 10.3. The Bertz CT molecular complexity index is 803. The molecule has 1 aromatic carbocycles. The predicted octanol–water partition coefficient (Wildman–Crippen LogP) is 0.886. The Balaban J connectivity index is 1.37. The van der Waals surface area contributed by atoms with E-state index in [9.17, 15) is 14.0 Å². The summed E-state index contributed by atoms with van der Waals surface area (Å²) in [6, 6.07) is 6.56. The molecule has 1 saturated heterocycles. The molecule has 0 aliphatic carbocycles. The number of carbonyl (C=O) groups excluding carboxylic acids is 2. The molecule has 1 fully saturated rings. The fraction of sp³-hybridized carbons (Fsp3) is 0.474. The first-order valence-electron chi connectivity index (χ1n) is 9.51. The molecule has 7 nitrogen and oxygen atoms in total. The molecule has 2 N–H and O–H groups in total. The van der Waals surface area contributed by atoms with E-state index < -0.39 is 0 Å². The zero-order valence-corrected chi connectivity index (χ0v) is 16.7. The first-order chi connectivity index (χ1) is 13.5. The summed E-state index contributed by atoms with van der Waals surface area (Å²) in [4.78, 5) is 27.6. The Labute approximate surface area is 167 Å². The van der Waals surface area contributed by atoms with Crippen LogP contribution < -0.4 is 10.2 Å². The molecular weight excluding hydrogens is 381 g/mol. The van der Waals surface area contributed by atoms with Crippen LogP contribution in [0.15, 0.2) is 24.3 Å². The number of nitrogens with one attached hydrogen (secondary N) is 2. The average Bonchev–Trinajstić information content (AvgIpc) is 3.16. The zero-order valence-electron chi connectivity index (χ0n) is 15.9. The molecule has 0 saturated carbocycles. The zero-order chi connectivity index (χ0) is 19.9. The lowest BCUT2D eigenvalue weighted by molar-refractivity contribution is -0.917. The number of hydrogen-bond donors (Lipinski definition) is 2. The van der Waals surface area contributed by atoms with Crippen LogP contribution in [0.3, 0.4) is 0 Å². The number of anilines is 1. The van der Waals surface area contributed by atoms with Gasteiger partial charge in [-0.3, -0.25) is 9.59 Å². The number of piperazine rings is 1. The Morgan fingerprint density at radius 3 is 2.54 bits per heavy atom. The van der Waals surface area contributed by atoms with Gasteiger partial charge >= 0.3 is 0 Å². The summed E-state index contributed by atoms with van der Waals surface area (Å²) < 4.78 is 13.0. The monoisotopic (exact) mass is 406 g/mol. The molecule has 0 bridgehead atoms. The summed E-state index contributed by atoms with van der Waals surface area (Å²) in [7, 11) is 0. The molecule has 9 heteroatoms. The van der Waals surface area contributed by atoms with Crippen molar-refractivity contribution in [2.75, 3.05) is 31.5 Å². The quantitative estimate of drug-likeness (QED) is 0.716. The Morgan fingerprint density at radius 2 is 1.89 bits per heavy atom. The number of nitrogens with zero attached hydrogens (tertiary/aromatic N) is 3. The van der Waals surface area contributed by atoms with Gasteiger partial charge in [-0.1, -0.05) is 30.4 Å². The molecule has 0 atom stereocenters. The molecule has 150 valence electrons. The number of quaternary nitrogens is 1. The normalized spacial score (nSPS) is 14.9. The van der Waals surface area contributed by atoms with Crippen molar-refractivity contribution in [3.05, 3.63) is 40.7 Å². The minimum absolute atomic E-state index is 0.00231. The van der Waals surface area contributed by atoms with E-state index in [1.54, 1.807) is 12.1 Å². The van der Waals surface area contributed by atoms with Crippen molar-refractivity contribution in [2.24, 2.45) is 0 Å². The molecule has 1 aliphatic heterocycles. The second-order valence-electron chi connectivity index (χ2n) is 6.84. The average molecular weight is 407 g/mol. The second-order valence-corrected chi connectivity index (χ2v) is 7.90. The van der Waals surface area contributed by atoms with Crippen LogP contribution in [0.1, 0.15) is 30.3 Å². The largest absolute Gasteiger partial charge is 0.331 e. The maximum atomic E-state index is 13.0. The van der Waals surface area contributed by atoms with E-state index in [0.717, 1.165) is 36.6 Å². The minimum Gasteiger partial charge on any atom is -0.331 e. The van der Waals surface area contributed by atoms with Crippen molar-refractivity contribution >= 4 is 28.3 Å². The molecule has 1 aromatic heterocycles. The van der Waals surface area contributed by atoms with Gasteiger partial charge in [0, 0.05) is 18.4 Å². The summed E-state index contributed by atoms with van der Waals surface area (Å²) in [5, 5.41) is 11.9. The molecule has 0 unspecified atom stereocenters. The van der Waals surface area contributed by atoms with Gasteiger partial charge in [0.25, 0.3) is 0 Å². The van der Waals surface area contributed by atoms with Gasteiger partial charge in [0.15, 0.2) is 0 Å². The Hall–Kier alpha value is -2.39. The van der Waals surface area contributed by atoms with Crippen molar-refractivity contribution in [2.45, 2.75) is 32.7 Å². The van der Waals surface area contributed by atoms with Gasteiger partial charge in [0.2, 0.25) is 16.9 Å². The third-order valence-corrected chi connectivity index (χ3v) is 5.76. The maximum Gasteiger partial charge on any atom is 0.226 e. The summed E-state index contributed by atoms with van der Waals surface area (Å²) in [5.41, 5.74) is 1.09. The number of aryl methyl sites for hydroxylation is 1. The van der Waals surface area contributed by atoms with E-state index in [4.69, 9.17) is 0 Å². The maximum absolute atomic E-state index is 13.0. The van der Waals surface area contributed by atoms with Crippen LogP contribution in [0.2, 0.25) is 0 Å². The van der Waals surface area contributed by atoms with Gasteiger partial charge in [-0.2, -0.15) is 0 Å². The minimum atomic E-state index is -0.227. The van der Waals surface area contributed by atoms with E-state index in [1.165, 1.54) is 28.4 Å². The van der Waals surface area contributed by atoms with E-state index in [-0.39, 0.29) is 30.5 Å². The fourth-order valence-corrected chi connectivity index (χ4v) is 3.84. The molecule has 2 amide bonds. The highest BCUT2D eigenvalue weighted by Crippen LogP contribution is 2.15. The van der Waals surface area contributed by atoms with Crippen molar-refractivity contribution < 1.29 is 18.9 Å². The molecule has 3 rings (SSSR count). The van der Waals surface area contributed by atoms with E-state index in [0.29, 0.717) is 18.2 Å². The van der Waals surface area contributed by atoms with E-state index >= 15 is 0 Å². The van der Waals surface area contributed by atoms with Crippen molar-refractivity contribution in [1.82, 2.24) is 15.1 Å². The number of carbonyl (C=O) groups is 2. The standard InChI is InChI=1S/C19H24FN5O2S/c1-2-17-22-23-19(28-17)21-16(26)7-8-18(27)25-11-9-24(10-12-25)13-14-3-5-15(20)6-4-14/h3-6H,2,7-13H2,1H3,(H,21,23,26)/p+1. The number of halogens is 1. The van der Waals surface area contributed by atoms with Gasteiger partial charge in [-0.05, 0) is 18.6 Å². The number of hydrogen-bond acceptors (Lipinski definition) is 5. The Kier molecular flexibility index (Phi) is 7.05. The Morgan fingerprint density at radius 1 is 1.18 bits per heavy atom. The highest BCUT2D eigenvalue weighted by molar-refractivity contribution is 7.15. The first kappa shape index (κ1) is 20.3. The lowest BCUT2D eigenvalue weighted by atomic mass is 10.2. The smallest absolute Gasteiger partial charge is 0.226 e. The molecule has 2 aromatic rings. The number of amides is 2. The molecule has 0 spiro atoms. The molecule has 1 aliphatic rings. The second kappa shape index (κ2) is 9.70. The van der Waals surface area contributed by atoms with Crippen molar-refractivity contribution in [3.8, 4) is 0 Å². The number of rotatable bonds is 7. The summed E-state index contributed by atoms with van der Waals surface area (Å²) in [5.74, 6) is -0.439. The van der Waals surface area contributed by atoms with Crippen LogP contribution in [-0.4, -0.2) is 53.1 Å². The summed E-state index contributed by atoms with van der Waals surface area (Å²) in [6.45, 7) is 5.85. The predicted molar refractivity (Wildman–Crippen MR) is 105 cm³/mol. The van der Waals surface area contributed by atoms with Crippen molar-refractivity contribution in [1.29, 1.82) is 0 Å². The highest BCUT2D eigenvalue weighted by Gasteiger charge is 2.24. The SMILES string of the molecule is CCc1nnc(NC(=O)CCC(=O)N2CC[NH+](Cc3ccc(F)cc3)CC2)s1. The summed E-state index contributed by atoms with van der Waals surface area (Å²) >= 11 is 1.35. The van der Waals surface area contributed by atoms with Crippen LogP contribution >= 0.6 is 11.3 Å². The topological polar surface area (TPSA) is 79.6 Å². The third-order valence-electron chi connectivity index (χ3n) is 4.77. The van der Waals surface area contributed by atoms with Crippen molar-refractivity contribution in [3.63, 3.8) is 0 Å². The van der Waals surface area contributed by atoms with Crippen LogP contribution in [0.5, 0.6) is 0 Å². The van der Waals surface area contributed by atoms with Gasteiger partial charge in [0.05, 0.1) is 26.2 Å². The highest BCUT2D eigenvalue weighted by atomic mass is 32.1. The number of benzene rings is 1. The van der Waals surface area contributed by atoms with Gasteiger partial charge < -0.3 is 15.1 Å². The molecular formula is C19H25FN5O2S+. The van der Waals surface area contributed by atoms with E-state index in [1.807, 2.05) is 11.8 Å². The van der Waals surface area contributed by atoms with Gasteiger partial charge in [-0.25, -0.2) is 4.39 Å². The van der Waals surface area contributed by atoms with E-state index in [2.05, 4.69) is 15.5 Å². The van der Waals surface area contributed by atoms with Gasteiger partial charge in [0.1, 0.15) is 17.4 Å². The van der Waals surface area contributed by atoms with Crippen LogP contribution in [-0.2, 0) is 22.6 Å². The van der Waals surface area contributed by atoms with Gasteiger partial charge in [-0.15, -0.1) is 10.2 Å². The molecule has 0 radical (unpaired) electrons.